The Labute approximate surface area is 141 Å². The molecule has 4 rings (SSSR count). The minimum Gasteiger partial charge on any atom is -0.397 e. The van der Waals surface area contributed by atoms with Gasteiger partial charge < -0.3 is 5.11 Å². The molecule has 1 aromatic rings. The number of fused-ring (bicyclic) bond motifs is 2. The van der Waals surface area contributed by atoms with Gasteiger partial charge in [-0.1, -0.05) is 72.1 Å². The zero-order valence-corrected chi connectivity index (χ0v) is 16.7. The van der Waals surface area contributed by atoms with Crippen molar-refractivity contribution in [3.05, 3.63) is 57.4 Å². The van der Waals surface area contributed by atoms with Gasteiger partial charge in [-0.3, -0.25) is 0 Å². The molecular weight excluding hydrogens is 312 g/mol. The third kappa shape index (κ3) is 2.21. The van der Waals surface area contributed by atoms with E-state index in [-0.39, 0.29) is 0 Å². The van der Waals surface area contributed by atoms with Crippen molar-refractivity contribution in [1.29, 1.82) is 0 Å². The van der Waals surface area contributed by atoms with Crippen molar-refractivity contribution in [1.82, 2.24) is 0 Å². The zero-order chi connectivity index (χ0) is 16.4. The first-order valence-electron chi connectivity index (χ1n) is 8.75. The number of benzene rings is 1. The molecule has 3 heteroatoms. The molecule has 1 aliphatic heterocycles. The van der Waals surface area contributed by atoms with E-state index in [9.17, 15) is 5.11 Å². The minimum atomic E-state index is -1.47. The SMILES string of the molecule is C[Si](C)(CCO)C1=CCC(c2cccc3c2C2=C(C3)[Si]2(C)C)=C1. The lowest BCUT2D eigenvalue weighted by atomic mass is 9.96. The van der Waals surface area contributed by atoms with E-state index in [1.54, 1.807) is 21.5 Å². The summed E-state index contributed by atoms with van der Waals surface area (Å²) in [5, 5.41) is 14.4. The van der Waals surface area contributed by atoms with E-state index in [1.807, 2.05) is 0 Å². The van der Waals surface area contributed by atoms with Gasteiger partial charge in [0.05, 0.1) is 8.07 Å². The fourth-order valence-corrected chi connectivity index (χ4v) is 10.1. The molecule has 0 radical (unpaired) electrons. The maximum atomic E-state index is 9.36. The minimum absolute atomic E-state index is 0.316. The van der Waals surface area contributed by atoms with Gasteiger partial charge in [0.25, 0.3) is 0 Å². The number of aliphatic hydroxyl groups excluding tert-OH is 1. The van der Waals surface area contributed by atoms with E-state index in [0.29, 0.717) is 6.61 Å². The van der Waals surface area contributed by atoms with Gasteiger partial charge in [0.1, 0.15) is 8.07 Å². The highest BCUT2D eigenvalue weighted by molar-refractivity contribution is 7.13. The predicted octanol–water partition coefficient (Wildman–Crippen LogP) is 4.75. The fourth-order valence-electron chi connectivity index (χ4n) is 4.43. The van der Waals surface area contributed by atoms with Gasteiger partial charge in [0, 0.05) is 6.61 Å². The zero-order valence-electron chi connectivity index (χ0n) is 14.7. The Morgan fingerprint density at radius 1 is 1.22 bits per heavy atom. The molecule has 1 nitrogen and oxygen atoms in total. The summed E-state index contributed by atoms with van der Waals surface area (Å²) in [6, 6.07) is 7.86. The molecule has 0 saturated carbocycles. The van der Waals surface area contributed by atoms with Crippen molar-refractivity contribution in [2.75, 3.05) is 6.61 Å². The quantitative estimate of drug-likeness (QED) is 0.786. The molecule has 0 spiro atoms. The fraction of sp³-hybridized carbons (Fsp3) is 0.400. The van der Waals surface area contributed by atoms with Crippen molar-refractivity contribution in [2.24, 2.45) is 0 Å². The highest BCUT2D eigenvalue weighted by Gasteiger charge is 2.52. The van der Waals surface area contributed by atoms with Crippen molar-refractivity contribution in [2.45, 2.75) is 45.1 Å². The predicted molar refractivity (Wildman–Crippen MR) is 105 cm³/mol. The lowest BCUT2D eigenvalue weighted by Crippen LogP contribution is -2.28. The van der Waals surface area contributed by atoms with Crippen LogP contribution in [0, 0.1) is 0 Å². The molecule has 0 aromatic heterocycles. The summed E-state index contributed by atoms with van der Waals surface area (Å²) in [6.07, 6.45) is 7.16. The molecule has 0 fully saturated rings. The second kappa shape index (κ2) is 4.92. The van der Waals surface area contributed by atoms with Gasteiger partial charge in [-0.15, -0.1) is 0 Å². The van der Waals surface area contributed by atoms with Crippen LogP contribution in [-0.4, -0.2) is 27.9 Å². The van der Waals surface area contributed by atoms with Gasteiger partial charge in [-0.05, 0) is 41.1 Å². The van der Waals surface area contributed by atoms with Gasteiger partial charge in [-0.25, -0.2) is 0 Å². The van der Waals surface area contributed by atoms with E-state index in [0.717, 1.165) is 12.5 Å². The third-order valence-corrected chi connectivity index (χ3v) is 13.0. The maximum Gasteiger partial charge on any atom is 0.108 e. The maximum absolute atomic E-state index is 9.36. The van der Waals surface area contributed by atoms with Crippen LogP contribution in [0.5, 0.6) is 0 Å². The van der Waals surface area contributed by atoms with Crippen molar-refractivity contribution in [3.63, 3.8) is 0 Å². The Morgan fingerprint density at radius 2 is 2.00 bits per heavy atom. The van der Waals surface area contributed by atoms with E-state index < -0.39 is 16.1 Å². The Bertz CT molecular complexity index is 794. The highest BCUT2D eigenvalue weighted by Crippen LogP contribution is 2.57. The van der Waals surface area contributed by atoms with Gasteiger partial charge in [0.2, 0.25) is 0 Å². The van der Waals surface area contributed by atoms with E-state index >= 15 is 0 Å². The molecular formula is C20H26OSi2. The summed E-state index contributed by atoms with van der Waals surface area (Å²) < 4.78 is 0. The molecule has 0 amide bonds. The molecule has 1 aromatic carbocycles. The van der Waals surface area contributed by atoms with Crippen LogP contribution >= 0.6 is 0 Å². The Hall–Kier alpha value is -1.17. The lowest BCUT2D eigenvalue weighted by molar-refractivity contribution is 0.316. The summed E-state index contributed by atoms with van der Waals surface area (Å²) in [5.74, 6) is 0. The average Bonchev–Trinajstić information content (AvgIpc) is 2.96. The molecule has 1 N–H and O–H groups in total. The van der Waals surface area contributed by atoms with Gasteiger partial charge in [-0.2, -0.15) is 0 Å². The number of allylic oxidation sites excluding steroid dienone is 5. The van der Waals surface area contributed by atoms with Crippen LogP contribution in [-0.2, 0) is 6.42 Å². The highest BCUT2D eigenvalue weighted by atomic mass is 28.3. The van der Waals surface area contributed by atoms with E-state index in [4.69, 9.17) is 0 Å². The van der Waals surface area contributed by atoms with E-state index in [2.05, 4.69) is 56.5 Å². The second-order valence-corrected chi connectivity index (χ2v) is 17.6. The van der Waals surface area contributed by atoms with Crippen molar-refractivity contribution >= 4 is 26.9 Å². The first-order valence-corrected chi connectivity index (χ1v) is 15.0. The molecule has 2 aliphatic carbocycles. The first kappa shape index (κ1) is 15.4. The van der Waals surface area contributed by atoms with Crippen LogP contribution in [0.1, 0.15) is 23.1 Å². The van der Waals surface area contributed by atoms with E-state index in [1.165, 1.54) is 22.8 Å². The van der Waals surface area contributed by atoms with Crippen molar-refractivity contribution in [3.8, 4) is 0 Å². The first-order chi connectivity index (χ1) is 10.9. The Balaban J connectivity index is 1.70. The molecule has 120 valence electrons. The number of hydrogen-bond donors (Lipinski definition) is 1. The van der Waals surface area contributed by atoms with Crippen LogP contribution in [0.25, 0.3) is 10.8 Å². The standard InChI is InChI=1S/C20H26OSi2/c1-22(2,11-10-21)16-9-8-14(12-16)17-7-5-6-15-13-18-20(19(15)17)23(18,3)4/h5-7,9,12,21H,8,10-11,13H2,1-4H3. The summed E-state index contributed by atoms with van der Waals surface area (Å²) in [7, 11) is -2.62. The summed E-state index contributed by atoms with van der Waals surface area (Å²) in [4.78, 5) is 0. The summed E-state index contributed by atoms with van der Waals surface area (Å²) in [5.41, 5.74) is 6.15. The Kier molecular flexibility index (Phi) is 3.28. The monoisotopic (exact) mass is 338 g/mol. The Morgan fingerprint density at radius 3 is 2.74 bits per heavy atom. The van der Waals surface area contributed by atoms with Crippen LogP contribution in [0.3, 0.4) is 0 Å². The molecule has 1 heterocycles. The van der Waals surface area contributed by atoms with Crippen molar-refractivity contribution < 1.29 is 5.11 Å². The average molecular weight is 339 g/mol. The topological polar surface area (TPSA) is 20.2 Å². The molecule has 3 aliphatic rings. The molecule has 0 bridgehead atoms. The lowest BCUT2D eigenvalue weighted by Gasteiger charge is -2.21. The van der Waals surface area contributed by atoms with Crippen LogP contribution in [0.15, 0.2) is 40.7 Å². The summed E-state index contributed by atoms with van der Waals surface area (Å²) >= 11 is 0. The van der Waals surface area contributed by atoms with Crippen LogP contribution < -0.4 is 0 Å². The molecule has 23 heavy (non-hydrogen) atoms. The van der Waals surface area contributed by atoms with Gasteiger partial charge >= 0.3 is 0 Å². The normalized spacial score (nSPS) is 21.1. The van der Waals surface area contributed by atoms with Crippen LogP contribution in [0.2, 0.25) is 32.2 Å². The number of aliphatic hydroxyl groups is 1. The smallest absolute Gasteiger partial charge is 0.108 e. The third-order valence-electron chi connectivity index (χ3n) is 6.12. The number of rotatable bonds is 4. The molecule has 0 unspecified atom stereocenters. The van der Waals surface area contributed by atoms with Crippen LogP contribution in [0.4, 0.5) is 0 Å². The molecule has 0 atom stereocenters. The second-order valence-electron chi connectivity index (χ2n) is 8.39. The largest absolute Gasteiger partial charge is 0.397 e. The van der Waals surface area contributed by atoms with Gasteiger partial charge in [0.15, 0.2) is 0 Å². The molecule has 0 saturated heterocycles. The summed E-state index contributed by atoms with van der Waals surface area (Å²) in [6.45, 7) is 10.1. The number of hydrogen-bond acceptors (Lipinski definition) is 1.